The van der Waals surface area contributed by atoms with Gasteiger partial charge in [0.2, 0.25) is 0 Å². The number of carbonyl (C=O) groups excluding carboxylic acids is 1. The standard InChI is InChI=1S/C15H19NO3/c17-14-6-3-11-9-12(4-5-13(11)14)19-10-15(18)16-7-1-2-8-16/h4-5,9,14,17H,1-3,6-8,10H2. The van der Waals surface area contributed by atoms with Crippen LogP contribution in [0.1, 0.15) is 36.5 Å². The van der Waals surface area contributed by atoms with Gasteiger partial charge in [0.1, 0.15) is 5.75 Å². The molecule has 1 N–H and O–H groups in total. The third kappa shape index (κ3) is 2.59. The van der Waals surface area contributed by atoms with E-state index < -0.39 is 0 Å². The summed E-state index contributed by atoms with van der Waals surface area (Å²) in [5.41, 5.74) is 2.14. The number of aliphatic hydroxyl groups is 1. The Morgan fingerprint density at radius 1 is 1.37 bits per heavy atom. The number of carbonyl (C=O) groups is 1. The minimum Gasteiger partial charge on any atom is -0.484 e. The van der Waals surface area contributed by atoms with Crippen molar-refractivity contribution >= 4 is 5.91 Å². The summed E-state index contributed by atoms with van der Waals surface area (Å²) in [4.78, 5) is 13.7. The van der Waals surface area contributed by atoms with Crippen molar-refractivity contribution in [2.75, 3.05) is 19.7 Å². The number of benzene rings is 1. The molecular weight excluding hydrogens is 242 g/mol. The molecule has 2 aliphatic rings. The molecule has 1 amide bonds. The van der Waals surface area contributed by atoms with Gasteiger partial charge in [-0.2, -0.15) is 0 Å². The van der Waals surface area contributed by atoms with Crippen LogP contribution in [0.3, 0.4) is 0 Å². The van der Waals surface area contributed by atoms with Gasteiger partial charge in [-0.3, -0.25) is 4.79 Å². The molecule has 0 bridgehead atoms. The maximum absolute atomic E-state index is 11.9. The highest BCUT2D eigenvalue weighted by molar-refractivity contribution is 5.78. The number of ether oxygens (including phenoxy) is 1. The summed E-state index contributed by atoms with van der Waals surface area (Å²) in [7, 11) is 0. The Kier molecular flexibility index (Phi) is 3.42. The fourth-order valence-electron chi connectivity index (χ4n) is 2.86. The van der Waals surface area contributed by atoms with Crippen molar-refractivity contribution in [1.82, 2.24) is 4.90 Å². The Labute approximate surface area is 113 Å². The molecule has 1 unspecified atom stereocenters. The quantitative estimate of drug-likeness (QED) is 0.900. The molecule has 0 spiro atoms. The van der Waals surface area contributed by atoms with Crippen molar-refractivity contribution in [1.29, 1.82) is 0 Å². The van der Waals surface area contributed by atoms with Gasteiger partial charge in [0.15, 0.2) is 6.61 Å². The summed E-state index contributed by atoms with van der Waals surface area (Å²) in [5, 5.41) is 9.73. The molecular formula is C15H19NO3. The van der Waals surface area contributed by atoms with E-state index in [-0.39, 0.29) is 18.6 Å². The van der Waals surface area contributed by atoms with Crippen molar-refractivity contribution in [2.24, 2.45) is 0 Å². The third-order valence-corrected chi connectivity index (χ3v) is 3.98. The fraction of sp³-hybridized carbons (Fsp3) is 0.533. The number of aryl methyl sites for hydroxylation is 1. The van der Waals surface area contributed by atoms with Crippen LogP contribution in [0.5, 0.6) is 5.75 Å². The van der Waals surface area contributed by atoms with Gasteiger partial charge in [0.05, 0.1) is 6.10 Å². The Morgan fingerprint density at radius 2 is 2.16 bits per heavy atom. The van der Waals surface area contributed by atoms with Crippen molar-refractivity contribution in [2.45, 2.75) is 31.8 Å². The van der Waals surface area contributed by atoms with Gasteiger partial charge < -0.3 is 14.7 Å². The van der Waals surface area contributed by atoms with Crippen LogP contribution in [0.25, 0.3) is 0 Å². The average molecular weight is 261 g/mol. The van der Waals surface area contributed by atoms with E-state index in [1.54, 1.807) is 0 Å². The van der Waals surface area contributed by atoms with E-state index in [9.17, 15) is 9.90 Å². The lowest BCUT2D eigenvalue weighted by Gasteiger charge is -2.15. The molecule has 0 aromatic heterocycles. The minimum absolute atomic E-state index is 0.0676. The molecule has 1 aliphatic carbocycles. The van der Waals surface area contributed by atoms with Crippen LogP contribution in [0, 0.1) is 0 Å². The SMILES string of the molecule is O=C(COc1ccc2c(c1)CCC2O)N1CCCC1. The second-order valence-electron chi connectivity index (χ2n) is 5.29. The molecule has 1 aromatic carbocycles. The van der Waals surface area contributed by atoms with Crippen molar-refractivity contribution < 1.29 is 14.6 Å². The highest BCUT2D eigenvalue weighted by Gasteiger charge is 2.21. The number of amides is 1. The largest absolute Gasteiger partial charge is 0.484 e. The summed E-state index contributed by atoms with van der Waals surface area (Å²) in [6, 6.07) is 5.69. The Bertz CT molecular complexity index is 480. The lowest BCUT2D eigenvalue weighted by molar-refractivity contribution is -0.132. The highest BCUT2D eigenvalue weighted by Crippen LogP contribution is 2.33. The Hall–Kier alpha value is -1.55. The second kappa shape index (κ2) is 5.21. The van der Waals surface area contributed by atoms with Crippen molar-refractivity contribution in [3.63, 3.8) is 0 Å². The first-order chi connectivity index (χ1) is 9.24. The Balaban J connectivity index is 1.60. The number of aliphatic hydroxyl groups excluding tert-OH is 1. The number of hydrogen-bond donors (Lipinski definition) is 1. The molecule has 0 saturated carbocycles. The van der Waals surface area contributed by atoms with Crippen LogP contribution in [0.4, 0.5) is 0 Å². The number of rotatable bonds is 3. The van der Waals surface area contributed by atoms with E-state index in [2.05, 4.69) is 0 Å². The van der Waals surface area contributed by atoms with E-state index in [0.29, 0.717) is 0 Å². The topological polar surface area (TPSA) is 49.8 Å². The van der Waals surface area contributed by atoms with Crippen LogP contribution in [0.2, 0.25) is 0 Å². The van der Waals surface area contributed by atoms with Gasteiger partial charge in [-0.15, -0.1) is 0 Å². The van der Waals surface area contributed by atoms with E-state index in [1.807, 2.05) is 23.1 Å². The monoisotopic (exact) mass is 261 g/mol. The van der Waals surface area contributed by atoms with Gasteiger partial charge in [-0.1, -0.05) is 6.07 Å². The van der Waals surface area contributed by atoms with Gasteiger partial charge >= 0.3 is 0 Å². The highest BCUT2D eigenvalue weighted by atomic mass is 16.5. The summed E-state index contributed by atoms with van der Waals surface area (Å²) < 4.78 is 5.57. The van der Waals surface area contributed by atoms with Crippen molar-refractivity contribution in [3.8, 4) is 5.75 Å². The number of hydrogen-bond acceptors (Lipinski definition) is 3. The zero-order valence-electron chi connectivity index (χ0n) is 11.0. The number of likely N-dealkylation sites (tertiary alicyclic amines) is 1. The van der Waals surface area contributed by atoms with E-state index in [1.165, 1.54) is 0 Å². The summed E-state index contributed by atoms with van der Waals surface area (Å²) >= 11 is 0. The van der Waals surface area contributed by atoms with Gasteiger partial charge in [0.25, 0.3) is 5.91 Å². The smallest absolute Gasteiger partial charge is 0.260 e. The molecule has 1 aromatic rings. The van der Waals surface area contributed by atoms with Crippen LogP contribution >= 0.6 is 0 Å². The third-order valence-electron chi connectivity index (χ3n) is 3.98. The van der Waals surface area contributed by atoms with Crippen LogP contribution in [-0.2, 0) is 11.2 Å². The fourth-order valence-corrected chi connectivity index (χ4v) is 2.86. The molecule has 1 atom stereocenters. The summed E-state index contributed by atoms with van der Waals surface area (Å²) in [5.74, 6) is 0.790. The minimum atomic E-state index is -0.338. The van der Waals surface area contributed by atoms with Crippen molar-refractivity contribution in [3.05, 3.63) is 29.3 Å². The van der Waals surface area contributed by atoms with Gasteiger partial charge in [0, 0.05) is 13.1 Å². The van der Waals surface area contributed by atoms with Gasteiger partial charge in [-0.05, 0) is 48.9 Å². The van der Waals surface area contributed by atoms with Crippen LogP contribution in [-0.4, -0.2) is 35.6 Å². The maximum Gasteiger partial charge on any atom is 0.260 e. The number of nitrogens with zero attached hydrogens (tertiary/aromatic N) is 1. The zero-order valence-corrected chi connectivity index (χ0v) is 11.0. The van der Waals surface area contributed by atoms with Gasteiger partial charge in [-0.25, -0.2) is 0 Å². The maximum atomic E-state index is 11.9. The molecule has 4 nitrogen and oxygen atoms in total. The molecule has 1 aliphatic heterocycles. The summed E-state index contributed by atoms with van der Waals surface area (Å²) in [6.45, 7) is 1.83. The molecule has 0 radical (unpaired) electrons. The number of fused-ring (bicyclic) bond motifs is 1. The normalized spacial score (nSPS) is 21.5. The first-order valence-corrected chi connectivity index (χ1v) is 6.95. The van der Waals surface area contributed by atoms with E-state index in [4.69, 9.17) is 4.74 Å². The first kappa shape index (κ1) is 12.5. The average Bonchev–Trinajstić information content (AvgIpc) is 3.06. The molecule has 4 heteroatoms. The van der Waals surface area contributed by atoms with E-state index in [0.717, 1.165) is 55.6 Å². The molecule has 3 rings (SSSR count). The molecule has 19 heavy (non-hydrogen) atoms. The second-order valence-corrected chi connectivity index (χ2v) is 5.29. The predicted molar refractivity (Wildman–Crippen MR) is 71.0 cm³/mol. The molecule has 1 heterocycles. The first-order valence-electron chi connectivity index (χ1n) is 6.95. The molecule has 1 fully saturated rings. The molecule has 102 valence electrons. The lowest BCUT2D eigenvalue weighted by Crippen LogP contribution is -2.32. The zero-order chi connectivity index (χ0) is 13.2. The predicted octanol–water partition coefficient (Wildman–Crippen LogP) is 1.67. The summed E-state index contributed by atoms with van der Waals surface area (Å²) in [6.07, 6.45) is 3.53. The molecule has 1 saturated heterocycles. The lowest BCUT2D eigenvalue weighted by atomic mass is 10.1. The van der Waals surface area contributed by atoms with Crippen LogP contribution < -0.4 is 4.74 Å². The Morgan fingerprint density at radius 3 is 2.95 bits per heavy atom. The van der Waals surface area contributed by atoms with E-state index >= 15 is 0 Å². The van der Waals surface area contributed by atoms with Crippen LogP contribution in [0.15, 0.2) is 18.2 Å².